The van der Waals surface area contributed by atoms with E-state index in [1.165, 1.54) is 0 Å². The molecule has 6 aliphatic rings. The molecule has 2 bridgehead atoms. The van der Waals surface area contributed by atoms with Gasteiger partial charge in [-0.25, -0.2) is 0 Å². The van der Waals surface area contributed by atoms with Crippen LogP contribution in [0.1, 0.15) is 74.7 Å². The van der Waals surface area contributed by atoms with E-state index in [0.717, 1.165) is 24.0 Å². The Morgan fingerprint density at radius 2 is 1.58 bits per heavy atom. The second-order valence-electron chi connectivity index (χ2n) is 13.2. The molecule has 5 fully saturated rings. The van der Waals surface area contributed by atoms with Crippen LogP contribution in [0.5, 0.6) is 0 Å². The van der Waals surface area contributed by atoms with Crippen LogP contribution in [0, 0.1) is 16.7 Å². The molecular weight excluding hydrogens is 424 g/mol. The third-order valence-electron chi connectivity index (χ3n) is 10.1. The molecule has 6 rings (SSSR count). The molecule has 3 saturated heterocycles. The monoisotopic (exact) mass is 464 g/mol. The van der Waals surface area contributed by atoms with Crippen molar-refractivity contribution in [1.82, 2.24) is 0 Å². The van der Waals surface area contributed by atoms with Crippen LogP contribution in [0.4, 0.5) is 0 Å². The maximum Gasteiger partial charge on any atom is 0.164 e. The number of aliphatic hydroxyl groups is 2. The Kier molecular flexibility index (Phi) is 4.32. The average Bonchev–Trinajstić information content (AvgIpc) is 3.12. The molecule has 3 aliphatic carbocycles. The first kappa shape index (κ1) is 22.9. The zero-order valence-electron chi connectivity index (χ0n) is 21.2. The van der Waals surface area contributed by atoms with Gasteiger partial charge in [-0.2, -0.15) is 0 Å². The van der Waals surface area contributed by atoms with E-state index in [1.54, 1.807) is 0 Å². The summed E-state index contributed by atoms with van der Waals surface area (Å²) < 4.78 is 32.8. The van der Waals surface area contributed by atoms with Gasteiger partial charge in [-0.1, -0.05) is 20.8 Å². The van der Waals surface area contributed by atoms with Crippen LogP contribution in [-0.4, -0.2) is 70.1 Å². The highest BCUT2D eigenvalue weighted by Gasteiger charge is 2.78. The van der Waals surface area contributed by atoms with E-state index in [2.05, 4.69) is 20.8 Å². The summed E-state index contributed by atoms with van der Waals surface area (Å²) in [5.41, 5.74) is -0.819. The third kappa shape index (κ3) is 2.60. The molecule has 3 heterocycles. The summed E-state index contributed by atoms with van der Waals surface area (Å²) in [7, 11) is 0. The lowest BCUT2D eigenvalue weighted by Gasteiger charge is -2.66. The van der Waals surface area contributed by atoms with Gasteiger partial charge in [-0.05, 0) is 58.6 Å². The Hall–Kier alpha value is -0.540. The Bertz CT molecular complexity index is 924. The molecule has 7 heteroatoms. The van der Waals surface area contributed by atoms with Gasteiger partial charge in [0.1, 0.15) is 17.3 Å². The van der Waals surface area contributed by atoms with Crippen LogP contribution in [0.15, 0.2) is 11.1 Å². The van der Waals surface area contributed by atoms with Crippen molar-refractivity contribution in [3.8, 4) is 0 Å². The van der Waals surface area contributed by atoms with Crippen LogP contribution in [-0.2, 0) is 23.7 Å². The molecule has 0 aromatic carbocycles. The summed E-state index contributed by atoms with van der Waals surface area (Å²) in [5, 5.41) is 23.5. The van der Waals surface area contributed by atoms with Crippen molar-refractivity contribution in [3.63, 3.8) is 0 Å². The standard InChI is InChI=1S/C26H40O7/c1-13-14(27)11-26-20(32-23(6,7)33-26)18-24(8,10-9-15-25(18,28)12-29-15)19-17(16(13)21(26,2)3)30-22(4,5)31-19/h14-15,17-20,27-28H,9-12H2,1-8H3/t14-,15+,17+,18-,19-,20-,24+,25-,26+/m0/s1. The highest BCUT2D eigenvalue weighted by Crippen LogP contribution is 2.69. The third-order valence-corrected chi connectivity index (χ3v) is 10.1. The van der Waals surface area contributed by atoms with E-state index < -0.39 is 45.8 Å². The van der Waals surface area contributed by atoms with Gasteiger partial charge in [0.25, 0.3) is 0 Å². The summed E-state index contributed by atoms with van der Waals surface area (Å²) in [5.74, 6) is -1.93. The van der Waals surface area contributed by atoms with E-state index in [-0.39, 0.29) is 30.8 Å². The summed E-state index contributed by atoms with van der Waals surface area (Å²) in [6.07, 6.45) is 0.0427. The molecule has 0 aromatic heterocycles. The molecule has 2 N–H and O–H groups in total. The molecule has 2 saturated carbocycles. The van der Waals surface area contributed by atoms with E-state index in [0.29, 0.717) is 6.42 Å². The first-order chi connectivity index (χ1) is 15.1. The fourth-order valence-corrected chi connectivity index (χ4v) is 8.62. The number of hydrogen-bond donors (Lipinski definition) is 2. The first-order valence-electron chi connectivity index (χ1n) is 12.5. The molecule has 33 heavy (non-hydrogen) atoms. The molecule has 7 nitrogen and oxygen atoms in total. The Labute approximate surface area is 196 Å². The molecule has 0 unspecified atom stereocenters. The van der Waals surface area contributed by atoms with Crippen molar-refractivity contribution >= 4 is 0 Å². The van der Waals surface area contributed by atoms with Crippen molar-refractivity contribution in [2.24, 2.45) is 16.7 Å². The number of rotatable bonds is 0. The van der Waals surface area contributed by atoms with Crippen LogP contribution in [0.25, 0.3) is 0 Å². The number of fused-ring (bicyclic) bond motifs is 8. The molecule has 0 amide bonds. The van der Waals surface area contributed by atoms with Crippen LogP contribution >= 0.6 is 0 Å². The lowest BCUT2D eigenvalue weighted by atomic mass is 9.45. The molecule has 0 radical (unpaired) electrons. The Morgan fingerprint density at radius 3 is 2.21 bits per heavy atom. The van der Waals surface area contributed by atoms with E-state index >= 15 is 0 Å². The SMILES string of the molecule is CC1=C2[C@H]3OC(C)(C)O[C@@H]3[C@]3(C)CC[C@H]4OC[C@@]4(O)[C@H]3[C@@H]3OC(C)(C)O[C@@]3(C[C@@H]1O)C2(C)C. The molecule has 9 atom stereocenters. The predicted molar refractivity (Wildman–Crippen MR) is 119 cm³/mol. The molecule has 1 spiro atoms. The summed E-state index contributed by atoms with van der Waals surface area (Å²) >= 11 is 0. The molecular formula is C26H40O7. The minimum atomic E-state index is -1.04. The fourth-order valence-electron chi connectivity index (χ4n) is 8.62. The number of ether oxygens (including phenoxy) is 5. The maximum absolute atomic E-state index is 12.1. The van der Waals surface area contributed by atoms with Gasteiger partial charge in [0.05, 0.1) is 31.0 Å². The highest BCUT2D eigenvalue weighted by atomic mass is 16.8. The topological polar surface area (TPSA) is 86.6 Å². The van der Waals surface area contributed by atoms with Gasteiger partial charge < -0.3 is 33.9 Å². The second-order valence-corrected chi connectivity index (χ2v) is 13.2. The minimum Gasteiger partial charge on any atom is -0.389 e. The zero-order chi connectivity index (χ0) is 24.0. The first-order valence-corrected chi connectivity index (χ1v) is 12.5. The van der Waals surface area contributed by atoms with Crippen molar-refractivity contribution in [2.45, 2.75) is 128 Å². The Morgan fingerprint density at radius 1 is 0.909 bits per heavy atom. The normalized spacial score (nSPS) is 55.5. The second kappa shape index (κ2) is 6.23. The number of hydrogen-bond acceptors (Lipinski definition) is 7. The van der Waals surface area contributed by atoms with Crippen LogP contribution < -0.4 is 0 Å². The molecule has 0 aromatic rings. The quantitative estimate of drug-likeness (QED) is 0.533. The van der Waals surface area contributed by atoms with Crippen molar-refractivity contribution in [2.75, 3.05) is 6.61 Å². The smallest absolute Gasteiger partial charge is 0.164 e. The highest BCUT2D eigenvalue weighted by molar-refractivity contribution is 5.41. The Balaban J connectivity index is 1.66. The van der Waals surface area contributed by atoms with Gasteiger partial charge in [0, 0.05) is 23.2 Å². The van der Waals surface area contributed by atoms with Gasteiger partial charge >= 0.3 is 0 Å². The fraction of sp³-hybridized carbons (Fsp3) is 0.923. The lowest BCUT2D eigenvalue weighted by Crippen LogP contribution is -2.78. The maximum atomic E-state index is 12.1. The molecule has 3 aliphatic heterocycles. The summed E-state index contributed by atoms with van der Waals surface area (Å²) in [4.78, 5) is 0. The summed E-state index contributed by atoms with van der Waals surface area (Å²) in [6.45, 7) is 16.7. The van der Waals surface area contributed by atoms with Gasteiger partial charge in [0.15, 0.2) is 11.6 Å². The van der Waals surface area contributed by atoms with Crippen molar-refractivity contribution < 1.29 is 33.9 Å². The van der Waals surface area contributed by atoms with E-state index in [4.69, 9.17) is 23.7 Å². The lowest BCUT2D eigenvalue weighted by molar-refractivity contribution is -0.335. The van der Waals surface area contributed by atoms with E-state index in [1.807, 2.05) is 34.6 Å². The summed E-state index contributed by atoms with van der Waals surface area (Å²) in [6, 6.07) is 0. The molecule has 186 valence electrons. The van der Waals surface area contributed by atoms with Crippen molar-refractivity contribution in [1.29, 1.82) is 0 Å². The predicted octanol–water partition coefficient (Wildman–Crippen LogP) is 3.06. The minimum absolute atomic E-state index is 0.221. The average molecular weight is 465 g/mol. The van der Waals surface area contributed by atoms with Crippen LogP contribution in [0.3, 0.4) is 0 Å². The van der Waals surface area contributed by atoms with Gasteiger partial charge in [0.2, 0.25) is 0 Å². The van der Waals surface area contributed by atoms with Gasteiger partial charge in [-0.15, -0.1) is 0 Å². The zero-order valence-corrected chi connectivity index (χ0v) is 21.2. The number of aliphatic hydroxyl groups excluding tert-OH is 1. The van der Waals surface area contributed by atoms with Crippen molar-refractivity contribution in [3.05, 3.63) is 11.1 Å². The largest absolute Gasteiger partial charge is 0.389 e. The van der Waals surface area contributed by atoms with E-state index in [9.17, 15) is 10.2 Å². The van der Waals surface area contributed by atoms with Crippen LogP contribution in [0.2, 0.25) is 0 Å². The van der Waals surface area contributed by atoms with Gasteiger partial charge in [-0.3, -0.25) is 0 Å².